The number of carbonyl (C=O) groups excluding carboxylic acids is 1. The van der Waals surface area contributed by atoms with Crippen LogP contribution in [0.3, 0.4) is 0 Å². The van der Waals surface area contributed by atoms with Crippen molar-refractivity contribution < 1.29 is 18.4 Å². The molecule has 0 aliphatic heterocycles. The first-order chi connectivity index (χ1) is 13.1. The number of fused-ring (bicyclic) bond motifs is 1. The normalized spacial score (nSPS) is 16.0. The van der Waals surface area contributed by atoms with E-state index in [2.05, 4.69) is 20.4 Å². The van der Waals surface area contributed by atoms with Gasteiger partial charge in [0.2, 0.25) is 5.89 Å². The number of hydrogen-bond donors (Lipinski definition) is 2. The Morgan fingerprint density at radius 3 is 2.93 bits per heavy atom. The summed E-state index contributed by atoms with van der Waals surface area (Å²) in [5.74, 6) is 1.07. The van der Waals surface area contributed by atoms with Gasteiger partial charge in [0.05, 0.1) is 12.6 Å². The minimum absolute atomic E-state index is 0.230. The Hall–Kier alpha value is -2.90. The number of hydrogen-bond acceptors (Lipinski definition) is 5. The Bertz CT molecular complexity index is 975. The van der Waals surface area contributed by atoms with Gasteiger partial charge in [0.15, 0.2) is 5.82 Å². The summed E-state index contributed by atoms with van der Waals surface area (Å²) in [4.78, 5) is 19.8. The van der Waals surface area contributed by atoms with Gasteiger partial charge in [-0.25, -0.2) is 4.39 Å². The fourth-order valence-electron chi connectivity index (χ4n) is 3.57. The van der Waals surface area contributed by atoms with Crippen molar-refractivity contribution >= 4 is 16.8 Å². The van der Waals surface area contributed by atoms with Gasteiger partial charge >= 0.3 is 0 Å². The first-order valence-corrected chi connectivity index (χ1v) is 9.06. The van der Waals surface area contributed by atoms with E-state index in [0.29, 0.717) is 28.8 Å². The maximum absolute atomic E-state index is 14.0. The van der Waals surface area contributed by atoms with Crippen molar-refractivity contribution in [2.24, 2.45) is 0 Å². The SMILES string of the molecule is COc1ccc(F)c2[nH]c(C(=O)NC(C)c3nc(C4CCCC4)no3)cc12. The molecule has 2 aromatic heterocycles. The second-order valence-electron chi connectivity index (χ2n) is 6.89. The Morgan fingerprint density at radius 2 is 2.19 bits per heavy atom. The van der Waals surface area contributed by atoms with Crippen LogP contribution in [0.25, 0.3) is 10.9 Å². The monoisotopic (exact) mass is 372 g/mol. The standard InChI is InChI=1S/C19H21FN4O3/c1-10(19-23-17(24-27-19)11-5-3-4-6-11)21-18(25)14-9-12-15(26-2)8-7-13(20)16(12)22-14/h7-11,22H,3-6H2,1-2H3,(H,21,25). The highest BCUT2D eigenvalue weighted by molar-refractivity contribution is 5.99. The van der Waals surface area contributed by atoms with E-state index in [1.807, 2.05) is 0 Å². The highest BCUT2D eigenvalue weighted by Crippen LogP contribution is 2.33. The van der Waals surface area contributed by atoms with Crippen LogP contribution in [0.5, 0.6) is 5.75 Å². The summed E-state index contributed by atoms with van der Waals surface area (Å²) in [7, 11) is 1.50. The van der Waals surface area contributed by atoms with E-state index < -0.39 is 11.9 Å². The Kier molecular flexibility index (Phi) is 4.55. The van der Waals surface area contributed by atoms with Crippen LogP contribution in [-0.4, -0.2) is 28.1 Å². The van der Waals surface area contributed by atoms with Gasteiger partial charge in [0.25, 0.3) is 5.91 Å². The van der Waals surface area contributed by atoms with Gasteiger partial charge in [-0.2, -0.15) is 4.98 Å². The van der Waals surface area contributed by atoms with Crippen molar-refractivity contribution in [3.63, 3.8) is 0 Å². The number of amides is 1. The Labute approximate surface area is 155 Å². The number of H-pyrrole nitrogens is 1. The number of halogens is 1. The molecule has 1 aliphatic carbocycles. The van der Waals surface area contributed by atoms with Crippen LogP contribution in [0, 0.1) is 5.82 Å². The largest absolute Gasteiger partial charge is 0.496 e. The summed E-state index contributed by atoms with van der Waals surface area (Å²) in [6.07, 6.45) is 4.51. The summed E-state index contributed by atoms with van der Waals surface area (Å²) in [6, 6.07) is 3.93. The van der Waals surface area contributed by atoms with E-state index in [9.17, 15) is 9.18 Å². The van der Waals surface area contributed by atoms with Gasteiger partial charge in [-0.3, -0.25) is 4.79 Å². The molecular formula is C19H21FN4O3. The maximum Gasteiger partial charge on any atom is 0.268 e. The Morgan fingerprint density at radius 1 is 1.41 bits per heavy atom. The minimum atomic E-state index is -0.460. The van der Waals surface area contributed by atoms with Gasteiger partial charge < -0.3 is 19.6 Å². The van der Waals surface area contributed by atoms with Crippen molar-refractivity contribution in [3.05, 3.63) is 41.4 Å². The van der Waals surface area contributed by atoms with Crippen LogP contribution in [0.4, 0.5) is 4.39 Å². The van der Waals surface area contributed by atoms with E-state index in [1.165, 1.54) is 32.1 Å². The third kappa shape index (κ3) is 3.27. The Balaban J connectivity index is 1.51. The van der Waals surface area contributed by atoms with E-state index in [-0.39, 0.29) is 17.1 Å². The van der Waals surface area contributed by atoms with Crippen LogP contribution in [0.1, 0.15) is 66.8 Å². The molecule has 0 saturated heterocycles. The van der Waals surface area contributed by atoms with Gasteiger partial charge in [-0.05, 0) is 38.0 Å². The molecule has 0 bridgehead atoms. The predicted molar refractivity (Wildman–Crippen MR) is 96.2 cm³/mol. The van der Waals surface area contributed by atoms with E-state index in [1.54, 1.807) is 13.0 Å². The molecule has 27 heavy (non-hydrogen) atoms. The lowest BCUT2D eigenvalue weighted by atomic mass is 10.1. The van der Waals surface area contributed by atoms with Crippen molar-refractivity contribution in [1.29, 1.82) is 0 Å². The minimum Gasteiger partial charge on any atom is -0.496 e. The average molecular weight is 372 g/mol. The van der Waals surface area contributed by atoms with Crippen LogP contribution in [0.2, 0.25) is 0 Å². The fourth-order valence-corrected chi connectivity index (χ4v) is 3.57. The number of aromatic amines is 1. The zero-order chi connectivity index (χ0) is 19.0. The van der Waals surface area contributed by atoms with E-state index >= 15 is 0 Å². The van der Waals surface area contributed by atoms with Crippen LogP contribution >= 0.6 is 0 Å². The molecule has 1 unspecified atom stereocenters. The number of methoxy groups -OCH3 is 1. The molecule has 4 rings (SSSR count). The molecule has 1 aliphatic rings. The number of rotatable bonds is 5. The number of ether oxygens (including phenoxy) is 1. The quantitative estimate of drug-likeness (QED) is 0.710. The number of benzene rings is 1. The first kappa shape index (κ1) is 17.5. The lowest BCUT2D eigenvalue weighted by Gasteiger charge is -2.08. The molecule has 7 nitrogen and oxygen atoms in total. The molecule has 142 valence electrons. The van der Waals surface area contributed by atoms with E-state index in [0.717, 1.165) is 12.8 Å². The summed E-state index contributed by atoms with van der Waals surface area (Å²) in [5.41, 5.74) is 0.462. The second-order valence-corrected chi connectivity index (χ2v) is 6.89. The third-order valence-corrected chi connectivity index (χ3v) is 5.06. The lowest BCUT2D eigenvalue weighted by molar-refractivity contribution is 0.0928. The number of aromatic nitrogens is 3. The summed E-state index contributed by atoms with van der Waals surface area (Å²) >= 11 is 0. The molecule has 3 aromatic rings. The summed E-state index contributed by atoms with van der Waals surface area (Å²) in [5, 5.41) is 7.37. The average Bonchev–Trinajstić information content (AvgIpc) is 3.40. The van der Waals surface area contributed by atoms with Crippen LogP contribution in [0.15, 0.2) is 22.7 Å². The zero-order valence-electron chi connectivity index (χ0n) is 15.2. The molecule has 8 heteroatoms. The summed E-state index contributed by atoms with van der Waals surface area (Å²) < 4.78 is 24.6. The molecule has 1 amide bonds. The van der Waals surface area contributed by atoms with Gasteiger partial charge in [0, 0.05) is 11.3 Å². The molecule has 2 N–H and O–H groups in total. The molecule has 1 atom stereocenters. The lowest BCUT2D eigenvalue weighted by Crippen LogP contribution is -2.27. The van der Waals surface area contributed by atoms with Crippen molar-refractivity contribution in [3.8, 4) is 5.75 Å². The molecule has 0 spiro atoms. The van der Waals surface area contributed by atoms with Crippen LogP contribution < -0.4 is 10.1 Å². The van der Waals surface area contributed by atoms with E-state index in [4.69, 9.17) is 9.26 Å². The highest BCUT2D eigenvalue weighted by atomic mass is 19.1. The molecule has 1 fully saturated rings. The number of nitrogens with one attached hydrogen (secondary N) is 2. The van der Waals surface area contributed by atoms with Gasteiger partial charge in [0.1, 0.15) is 23.3 Å². The second kappa shape index (κ2) is 7.02. The molecule has 0 radical (unpaired) electrons. The third-order valence-electron chi connectivity index (χ3n) is 5.06. The highest BCUT2D eigenvalue weighted by Gasteiger charge is 2.25. The summed E-state index contributed by atoms with van der Waals surface area (Å²) in [6.45, 7) is 1.77. The maximum atomic E-state index is 14.0. The zero-order valence-corrected chi connectivity index (χ0v) is 15.2. The van der Waals surface area contributed by atoms with Crippen LogP contribution in [-0.2, 0) is 0 Å². The molecule has 2 heterocycles. The molecule has 1 saturated carbocycles. The smallest absolute Gasteiger partial charge is 0.268 e. The van der Waals surface area contributed by atoms with Crippen molar-refractivity contribution in [2.75, 3.05) is 7.11 Å². The van der Waals surface area contributed by atoms with Gasteiger partial charge in [-0.15, -0.1) is 0 Å². The van der Waals surface area contributed by atoms with Gasteiger partial charge in [-0.1, -0.05) is 18.0 Å². The first-order valence-electron chi connectivity index (χ1n) is 9.06. The topological polar surface area (TPSA) is 93.0 Å². The predicted octanol–water partition coefficient (Wildman–Crippen LogP) is 3.85. The number of carbonyl (C=O) groups is 1. The van der Waals surface area contributed by atoms with Crippen molar-refractivity contribution in [1.82, 2.24) is 20.4 Å². The molecular weight excluding hydrogens is 351 g/mol. The fraction of sp³-hybridized carbons (Fsp3) is 0.421. The number of nitrogens with zero attached hydrogens (tertiary/aromatic N) is 2. The van der Waals surface area contributed by atoms with Crippen molar-refractivity contribution in [2.45, 2.75) is 44.6 Å². The molecule has 1 aromatic carbocycles.